The Morgan fingerprint density at radius 3 is 2.46 bits per heavy atom. The first-order valence-corrected chi connectivity index (χ1v) is 9.26. The van der Waals surface area contributed by atoms with Gasteiger partial charge in [-0.15, -0.1) is 0 Å². The Bertz CT molecular complexity index is 728. The summed E-state index contributed by atoms with van der Waals surface area (Å²) in [6.45, 7) is 9.88. The summed E-state index contributed by atoms with van der Waals surface area (Å²) in [6.07, 6.45) is 0. The predicted octanol–water partition coefficient (Wildman–Crippen LogP) is 5.40. The van der Waals surface area contributed by atoms with Gasteiger partial charge in [-0.3, -0.25) is 0 Å². The second-order valence-corrected chi connectivity index (χ2v) is 7.65. The highest BCUT2D eigenvalue weighted by molar-refractivity contribution is 6.42. The van der Waals surface area contributed by atoms with E-state index in [1.807, 2.05) is 18.2 Å². The molecular formula is C20H24Cl2N2. The number of hydrogen-bond donors (Lipinski definition) is 1. The molecule has 0 aromatic heterocycles. The number of nitrogens with zero attached hydrogens (tertiary/aromatic N) is 1. The fraction of sp³-hybridized carbons (Fsp3) is 0.400. The van der Waals surface area contributed by atoms with Crippen LogP contribution in [0.15, 0.2) is 36.4 Å². The van der Waals surface area contributed by atoms with E-state index in [9.17, 15) is 0 Å². The Morgan fingerprint density at radius 1 is 1.04 bits per heavy atom. The highest BCUT2D eigenvalue weighted by atomic mass is 35.5. The number of nitrogens with one attached hydrogen (secondary N) is 1. The van der Waals surface area contributed by atoms with Crippen molar-refractivity contribution >= 4 is 28.9 Å². The van der Waals surface area contributed by atoms with Gasteiger partial charge in [0.25, 0.3) is 0 Å². The third kappa shape index (κ3) is 3.56. The van der Waals surface area contributed by atoms with Crippen LogP contribution in [-0.4, -0.2) is 25.7 Å². The molecule has 1 saturated heterocycles. The lowest BCUT2D eigenvalue weighted by Crippen LogP contribution is -2.54. The molecule has 24 heavy (non-hydrogen) atoms. The van der Waals surface area contributed by atoms with Gasteiger partial charge >= 0.3 is 0 Å². The summed E-state index contributed by atoms with van der Waals surface area (Å²) in [5, 5.41) is 4.71. The number of anilines is 1. The van der Waals surface area contributed by atoms with Gasteiger partial charge in [0.05, 0.1) is 10.0 Å². The van der Waals surface area contributed by atoms with E-state index in [0.717, 1.165) is 25.2 Å². The van der Waals surface area contributed by atoms with E-state index in [1.165, 1.54) is 16.8 Å². The normalized spacial score (nSPS) is 18.2. The molecule has 1 unspecified atom stereocenters. The molecule has 0 aliphatic carbocycles. The predicted molar refractivity (Wildman–Crippen MR) is 105 cm³/mol. The fourth-order valence-electron chi connectivity index (χ4n) is 3.39. The first-order chi connectivity index (χ1) is 11.5. The number of benzene rings is 2. The standard InChI is InChI=1S/C20H24Cl2N2/c1-13(2)20-12-23-8-9-24(20)19-11-16(5-4-14(19)3)15-6-7-17(21)18(22)10-15/h4-7,10-11,13,20,23H,8-9,12H2,1-3H3. The van der Waals surface area contributed by atoms with Crippen molar-refractivity contribution in [2.24, 2.45) is 5.92 Å². The molecule has 0 saturated carbocycles. The third-order valence-corrected chi connectivity index (χ3v) is 5.56. The summed E-state index contributed by atoms with van der Waals surface area (Å²) < 4.78 is 0. The highest BCUT2D eigenvalue weighted by Gasteiger charge is 2.26. The first kappa shape index (κ1) is 17.6. The summed E-state index contributed by atoms with van der Waals surface area (Å²) in [5.41, 5.74) is 4.90. The molecule has 1 fully saturated rings. The molecule has 1 heterocycles. The Balaban J connectivity index is 2.00. The lowest BCUT2D eigenvalue weighted by molar-refractivity contribution is 0.390. The zero-order chi connectivity index (χ0) is 17.3. The maximum absolute atomic E-state index is 6.20. The third-order valence-electron chi connectivity index (χ3n) is 4.82. The van der Waals surface area contributed by atoms with E-state index < -0.39 is 0 Å². The maximum Gasteiger partial charge on any atom is 0.0598 e. The van der Waals surface area contributed by atoms with Crippen molar-refractivity contribution in [3.05, 3.63) is 52.0 Å². The van der Waals surface area contributed by atoms with Crippen molar-refractivity contribution in [2.75, 3.05) is 24.5 Å². The molecule has 3 rings (SSSR count). The van der Waals surface area contributed by atoms with Gasteiger partial charge in [0, 0.05) is 31.4 Å². The Hall–Kier alpha value is -1.22. The second-order valence-electron chi connectivity index (χ2n) is 6.84. The van der Waals surface area contributed by atoms with Crippen LogP contribution in [0.3, 0.4) is 0 Å². The molecular weight excluding hydrogens is 339 g/mol. The van der Waals surface area contributed by atoms with Crippen molar-refractivity contribution in [1.29, 1.82) is 0 Å². The van der Waals surface area contributed by atoms with E-state index in [1.54, 1.807) is 0 Å². The second kappa shape index (κ2) is 7.35. The molecule has 0 amide bonds. The number of halogens is 2. The van der Waals surface area contributed by atoms with Gasteiger partial charge in [-0.25, -0.2) is 0 Å². The van der Waals surface area contributed by atoms with Crippen molar-refractivity contribution in [3.63, 3.8) is 0 Å². The summed E-state index contributed by atoms with van der Waals surface area (Å²) in [7, 11) is 0. The van der Waals surface area contributed by atoms with Crippen molar-refractivity contribution in [1.82, 2.24) is 5.32 Å². The van der Waals surface area contributed by atoms with E-state index >= 15 is 0 Å². The molecule has 0 bridgehead atoms. The minimum atomic E-state index is 0.515. The van der Waals surface area contributed by atoms with Gasteiger partial charge in [-0.05, 0) is 47.7 Å². The molecule has 128 valence electrons. The van der Waals surface area contributed by atoms with E-state index in [-0.39, 0.29) is 0 Å². The lowest BCUT2D eigenvalue weighted by Gasteiger charge is -2.41. The molecule has 4 heteroatoms. The molecule has 1 aliphatic rings. The van der Waals surface area contributed by atoms with Gasteiger partial charge in [0.15, 0.2) is 0 Å². The van der Waals surface area contributed by atoms with E-state index in [0.29, 0.717) is 22.0 Å². The molecule has 0 radical (unpaired) electrons. The molecule has 2 aromatic carbocycles. The van der Waals surface area contributed by atoms with Crippen LogP contribution < -0.4 is 10.2 Å². The van der Waals surface area contributed by atoms with Crippen LogP contribution in [0.1, 0.15) is 19.4 Å². The lowest BCUT2D eigenvalue weighted by atomic mass is 9.97. The average Bonchev–Trinajstić information content (AvgIpc) is 2.58. The quantitative estimate of drug-likeness (QED) is 0.785. The van der Waals surface area contributed by atoms with Crippen LogP contribution >= 0.6 is 23.2 Å². The molecule has 2 aromatic rings. The van der Waals surface area contributed by atoms with Crippen molar-refractivity contribution < 1.29 is 0 Å². The van der Waals surface area contributed by atoms with Crippen molar-refractivity contribution in [2.45, 2.75) is 26.8 Å². The number of hydrogen-bond acceptors (Lipinski definition) is 2. The van der Waals surface area contributed by atoms with Crippen LogP contribution in [0.25, 0.3) is 11.1 Å². The molecule has 0 spiro atoms. The average molecular weight is 363 g/mol. The minimum absolute atomic E-state index is 0.515. The SMILES string of the molecule is Cc1ccc(-c2ccc(Cl)c(Cl)c2)cc1N1CCNCC1C(C)C. The Morgan fingerprint density at radius 2 is 1.75 bits per heavy atom. The van der Waals surface area contributed by atoms with Gasteiger partial charge in [-0.2, -0.15) is 0 Å². The summed E-state index contributed by atoms with van der Waals surface area (Å²) in [4.78, 5) is 2.55. The van der Waals surface area contributed by atoms with Gasteiger partial charge in [0.2, 0.25) is 0 Å². The minimum Gasteiger partial charge on any atom is -0.366 e. The number of rotatable bonds is 3. The first-order valence-electron chi connectivity index (χ1n) is 8.51. The summed E-state index contributed by atoms with van der Waals surface area (Å²) in [6, 6.07) is 13.0. The Labute approximate surface area is 154 Å². The highest BCUT2D eigenvalue weighted by Crippen LogP contribution is 2.33. The van der Waals surface area contributed by atoms with Crippen LogP contribution in [0, 0.1) is 12.8 Å². The summed E-state index contributed by atoms with van der Waals surface area (Å²) in [5.74, 6) is 0.603. The Kier molecular flexibility index (Phi) is 5.39. The fourth-order valence-corrected chi connectivity index (χ4v) is 3.69. The largest absolute Gasteiger partial charge is 0.366 e. The van der Waals surface area contributed by atoms with Crippen LogP contribution in [0.5, 0.6) is 0 Å². The van der Waals surface area contributed by atoms with E-state index in [2.05, 4.69) is 49.2 Å². The smallest absolute Gasteiger partial charge is 0.0598 e. The number of aryl methyl sites for hydroxylation is 1. The number of piperazine rings is 1. The molecule has 1 atom stereocenters. The summed E-state index contributed by atoms with van der Waals surface area (Å²) >= 11 is 12.3. The maximum atomic E-state index is 6.20. The van der Waals surface area contributed by atoms with Gasteiger partial charge in [-0.1, -0.05) is 55.2 Å². The van der Waals surface area contributed by atoms with E-state index in [4.69, 9.17) is 23.2 Å². The molecule has 1 aliphatic heterocycles. The van der Waals surface area contributed by atoms with Gasteiger partial charge < -0.3 is 10.2 Å². The zero-order valence-electron chi connectivity index (χ0n) is 14.4. The van der Waals surface area contributed by atoms with Crippen molar-refractivity contribution in [3.8, 4) is 11.1 Å². The van der Waals surface area contributed by atoms with Crippen LogP contribution in [0.4, 0.5) is 5.69 Å². The zero-order valence-corrected chi connectivity index (χ0v) is 16.0. The van der Waals surface area contributed by atoms with Gasteiger partial charge in [0.1, 0.15) is 0 Å². The molecule has 2 nitrogen and oxygen atoms in total. The topological polar surface area (TPSA) is 15.3 Å². The van der Waals surface area contributed by atoms with Crippen LogP contribution in [0.2, 0.25) is 10.0 Å². The molecule has 1 N–H and O–H groups in total. The monoisotopic (exact) mass is 362 g/mol. The van der Waals surface area contributed by atoms with Crippen LogP contribution in [-0.2, 0) is 0 Å².